The van der Waals surface area contributed by atoms with E-state index in [1.54, 1.807) is 24.0 Å². The number of amides is 1. The average molecular weight is 460 g/mol. The number of benzene rings is 2. The van der Waals surface area contributed by atoms with Gasteiger partial charge in [-0.15, -0.1) is 11.8 Å². The molecule has 2 aromatic carbocycles. The minimum atomic E-state index is -0.126. The molecule has 0 fully saturated rings. The lowest BCUT2D eigenvalue weighted by Crippen LogP contribution is -2.19. The highest BCUT2D eigenvalue weighted by Gasteiger charge is 2.12. The van der Waals surface area contributed by atoms with Crippen LogP contribution in [-0.2, 0) is 10.5 Å². The number of aryl methyl sites for hydroxylation is 2. The highest BCUT2D eigenvalue weighted by atomic mass is 35.5. The van der Waals surface area contributed by atoms with E-state index in [0.717, 1.165) is 28.4 Å². The zero-order chi connectivity index (χ0) is 21.7. The highest BCUT2D eigenvalue weighted by Crippen LogP contribution is 2.28. The van der Waals surface area contributed by atoms with E-state index in [1.165, 1.54) is 11.1 Å². The quantitative estimate of drug-likeness (QED) is 0.343. The van der Waals surface area contributed by atoms with Crippen LogP contribution in [0.4, 0.5) is 0 Å². The molecule has 3 rings (SSSR count). The van der Waals surface area contributed by atoms with Crippen molar-refractivity contribution in [2.75, 3.05) is 5.75 Å². The third-order valence-corrected chi connectivity index (χ3v) is 6.29. The Kier molecular flexibility index (Phi) is 7.64. The minimum Gasteiger partial charge on any atom is -0.316 e. The van der Waals surface area contributed by atoms with Crippen LogP contribution in [0.5, 0.6) is 0 Å². The number of hydrazone groups is 1. The predicted molar refractivity (Wildman–Crippen MR) is 128 cm³/mol. The second-order valence-electron chi connectivity index (χ2n) is 6.97. The van der Waals surface area contributed by atoms with Gasteiger partial charge < -0.3 is 4.57 Å². The zero-order valence-corrected chi connectivity index (χ0v) is 19.4. The standard InChI is InChI=1S/C23H23Cl2N3OS/c1-15-6-4-5-7-18(15)13-30-14-23(29)27-26-12-19-10-16(2)28(17(19)3)22-9-8-20(24)11-21(22)25/h4-12H,13-14H2,1-3H3,(H,27,29)/b26-12+. The van der Waals surface area contributed by atoms with Gasteiger partial charge in [-0.3, -0.25) is 4.79 Å². The fourth-order valence-corrected chi connectivity index (χ4v) is 4.57. The summed E-state index contributed by atoms with van der Waals surface area (Å²) in [5.41, 5.74) is 8.83. The second-order valence-corrected chi connectivity index (χ2v) is 8.80. The number of carbonyl (C=O) groups excluding carboxylic acids is 1. The molecular formula is C23H23Cl2N3OS. The van der Waals surface area contributed by atoms with E-state index in [2.05, 4.69) is 29.6 Å². The summed E-state index contributed by atoms with van der Waals surface area (Å²) < 4.78 is 2.04. The lowest BCUT2D eigenvalue weighted by molar-refractivity contribution is -0.118. The molecule has 0 aliphatic carbocycles. The van der Waals surface area contributed by atoms with Crippen LogP contribution >= 0.6 is 35.0 Å². The van der Waals surface area contributed by atoms with Crippen molar-refractivity contribution in [2.24, 2.45) is 5.10 Å². The molecular weight excluding hydrogens is 437 g/mol. The van der Waals surface area contributed by atoms with Crippen LogP contribution in [0.1, 0.15) is 28.1 Å². The fourth-order valence-electron chi connectivity index (χ4n) is 3.18. The van der Waals surface area contributed by atoms with Crippen molar-refractivity contribution < 1.29 is 4.79 Å². The molecule has 0 bridgehead atoms. The lowest BCUT2D eigenvalue weighted by atomic mass is 10.1. The monoisotopic (exact) mass is 459 g/mol. The summed E-state index contributed by atoms with van der Waals surface area (Å²) in [7, 11) is 0. The number of hydrogen-bond acceptors (Lipinski definition) is 3. The maximum atomic E-state index is 12.1. The Bertz CT molecular complexity index is 1090. The fraction of sp³-hybridized carbons (Fsp3) is 0.217. The Labute approximate surface area is 191 Å². The topological polar surface area (TPSA) is 46.4 Å². The van der Waals surface area contributed by atoms with Gasteiger partial charge in [0.2, 0.25) is 5.91 Å². The molecule has 0 radical (unpaired) electrons. The molecule has 0 aliphatic heterocycles. The van der Waals surface area contributed by atoms with E-state index in [9.17, 15) is 4.79 Å². The van der Waals surface area contributed by atoms with Crippen molar-refractivity contribution in [3.05, 3.63) is 86.7 Å². The SMILES string of the molecule is Cc1ccccc1CSCC(=O)N/N=C/c1cc(C)n(-c2ccc(Cl)cc2Cl)c1C. The van der Waals surface area contributed by atoms with Gasteiger partial charge in [-0.25, -0.2) is 5.43 Å². The van der Waals surface area contributed by atoms with Crippen LogP contribution in [0.2, 0.25) is 10.0 Å². The van der Waals surface area contributed by atoms with E-state index < -0.39 is 0 Å². The Morgan fingerprint density at radius 1 is 1.13 bits per heavy atom. The number of thioether (sulfide) groups is 1. The number of aromatic nitrogens is 1. The summed E-state index contributed by atoms with van der Waals surface area (Å²) in [5, 5.41) is 5.29. The first kappa shape index (κ1) is 22.5. The van der Waals surface area contributed by atoms with Gasteiger partial charge in [-0.2, -0.15) is 5.10 Å². The Morgan fingerprint density at radius 2 is 1.90 bits per heavy atom. The van der Waals surface area contributed by atoms with Gasteiger partial charge in [-0.1, -0.05) is 47.5 Å². The predicted octanol–water partition coefficient (Wildman–Crippen LogP) is 6.09. The molecule has 1 aromatic heterocycles. The molecule has 0 spiro atoms. The van der Waals surface area contributed by atoms with Crippen molar-refractivity contribution in [3.8, 4) is 5.69 Å². The highest BCUT2D eigenvalue weighted by molar-refractivity contribution is 7.99. The summed E-state index contributed by atoms with van der Waals surface area (Å²) in [5.74, 6) is 1.03. The first-order valence-electron chi connectivity index (χ1n) is 9.45. The largest absolute Gasteiger partial charge is 0.316 e. The maximum Gasteiger partial charge on any atom is 0.250 e. The Balaban J connectivity index is 1.60. The van der Waals surface area contributed by atoms with E-state index in [-0.39, 0.29) is 5.91 Å². The number of halogens is 2. The number of nitrogens with one attached hydrogen (secondary N) is 1. The van der Waals surface area contributed by atoms with Crippen LogP contribution in [-0.4, -0.2) is 22.4 Å². The molecule has 4 nitrogen and oxygen atoms in total. The van der Waals surface area contributed by atoms with Crippen molar-refractivity contribution >= 4 is 47.1 Å². The molecule has 0 saturated carbocycles. The normalized spacial score (nSPS) is 11.2. The number of carbonyl (C=O) groups is 1. The van der Waals surface area contributed by atoms with Gasteiger partial charge in [-0.05, 0) is 56.2 Å². The molecule has 1 N–H and O–H groups in total. The van der Waals surface area contributed by atoms with Crippen molar-refractivity contribution in [2.45, 2.75) is 26.5 Å². The van der Waals surface area contributed by atoms with E-state index in [0.29, 0.717) is 15.8 Å². The molecule has 30 heavy (non-hydrogen) atoms. The summed E-state index contributed by atoms with van der Waals surface area (Å²) in [6.07, 6.45) is 1.66. The molecule has 1 amide bonds. The molecule has 0 aliphatic rings. The number of rotatable bonds is 7. The van der Waals surface area contributed by atoms with Gasteiger partial charge in [0.05, 0.1) is 22.7 Å². The zero-order valence-electron chi connectivity index (χ0n) is 17.1. The second kappa shape index (κ2) is 10.2. The molecule has 156 valence electrons. The van der Waals surface area contributed by atoms with Crippen LogP contribution in [0, 0.1) is 20.8 Å². The van der Waals surface area contributed by atoms with Crippen molar-refractivity contribution in [3.63, 3.8) is 0 Å². The van der Waals surface area contributed by atoms with Gasteiger partial charge in [0.25, 0.3) is 0 Å². The molecule has 7 heteroatoms. The van der Waals surface area contributed by atoms with E-state index >= 15 is 0 Å². The van der Waals surface area contributed by atoms with Gasteiger partial charge in [0.1, 0.15) is 0 Å². The van der Waals surface area contributed by atoms with Crippen LogP contribution in [0.3, 0.4) is 0 Å². The van der Waals surface area contributed by atoms with Crippen LogP contribution in [0.15, 0.2) is 53.6 Å². The third-order valence-electron chi connectivity index (χ3n) is 4.77. The van der Waals surface area contributed by atoms with Crippen molar-refractivity contribution in [1.82, 2.24) is 9.99 Å². The van der Waals surface area contributed by atoms with Crippen molar-refractivity contribution in [1.29, 1.82) is 0 Å². The van der Waals surface area contributed by atoms with Gasteiger partial charge in [0, 0.05) is 27.7 Å². The molecule has 0 saturated heterocycles. The first-order valence-corrected chi connectivity index (χ1v) is 11.4. The maximum absolute atomic E-state index is 12.1. The summed E-state index contributed by atoms with van der Waals surface area (Å²) in [6, 6.07) is 15.6. The summed E-state index contributed by atoms with van der Waals surface area (Å²) >= 11 is 13.9. The average Bonchev–Trinajstić information content (AvgIpc) is 2.97. The summed E-state index contributed by atoms with van der Waals surface area (Å²) in [4.78, 5) is 12.1. The van der Waals surface area contributed by atoms with E-state index in [1.807, 2.05) is 48.7 Å². The van der Waals surface area contributed by atoms with Gasteiger partial charge in [0.15, 0.2) is 0 Å². The van der Waals surface area contributed by atoms with E-state index in [4.69, 9.17) is 23.2 Å². The Hall–Kier alpha value is -2.21. The number of nitrogens with zero attached hydrogens (tertiary/aromatic N) is 2. The summed E-state index contributed by atoms with van der Waals surface area (Å²) in [6.45, 7) is 6.06. The number of hydrogen-bond donors (Lipinski definition) is 1. The molecule has 1 heterocycles. The van der Waals surface area contributed by atoms with Crippen LogP contribution in [0.25, 0.3) is 5.69 Å². The molecule has 3 aromatic rings. The smallest absolute Gasteiger partial charge is 0.250 e. The van der Waals surface area contributed by atoms with Crippen LogP contribution < -0.4 is 5.43 Å². The molecule has 0 atom stereocenters. The minimum absolute atomic E-state index is 0.126. The first-order chi connectivity index (χ1) is 14.4. The third kappa shape index (κ3) is 5.48. The lowest BCUT2D eigenvalue weighted by Gasteiger charge is -2.11. The Morgan fingerprint density at radius 3 is 2.63 bits per heavy atom. The molecule has 0 unspecified atom stereocenters. The van der Waals surface area contributed by atoms with Gasteiger partial charge >= 0.3 is 0 Å².